The van der Waals surface area contributed by atoms with Gasteiger partial charge < -0.3 is 9.64 Å². The number of hydrogen-bond acceptors (Lipinski definition) is 2. The first-order valence-corrected chi connectivity index (χ1v) is 6.00. The summed E-state index contributed by atoms with van der Waals surface area (Å²) in [5.74, 6) is 0.149. The third kappa shape index (κ3) is 1.67. The van der Waals surface area contributed by atoms with Gasteiger partial charge in [0, 0.05) is 13.1 Å². The van der Waals surface area contributed by atoms with Gasteiger partial charge in [-0.05, 0) is 33.6 Å². The Bertz CT molecular complexity index is 244. The van der Waals surface area contributed by atoms with Crippen LogP contribution in [0, 0.1) is 0 Å². The third-order valence-corrected chi connectivity index (χ3v) is 3.83. The Morgan fingerprint density at radius 1 is 1.13 bits per heavy atom. The number of ether oxygens (including phenoxy) is 1. The van der Waals surface area contributed by atoms with Gasteiger partial charge in [-0.1, -0.05) is 13.8 Å². The van der Waals surface area contributed by atoms with Gasteiger partial charge in [0.05, 0.1) is 0 Å². The summed E-state index contributed by atoms with van der Waals surface area (Å²) in [6, 6.07) is 0. The molecule has 3 nitrogen and oxygen atoms in total. The van der Waals surface area contributed by atoms with Crippen LogP contribution in [0.1, 0.15) is 47.5 Å². The molecule has 1 amide bonds. The molecule has 1 aliphatic heterocycles. The van der Waals surface area contributed by atoms with Gasteiger partial charge in [0.15, 0.2) is 5.60 Å². The maximum absolute atomic E-state index is 12.2. The van der Waals surface area contributed by atoms with Crippen molar-refractivity contribution in [2.45, 2.75) is 58.7 Å². The summed E-state index contributed by atoms with van der Waals surface area (Å²) in [6.45, 7) is 11.6. The van der Waals surface area contributed by atoms with Crippen molar-refractivity contribution < 1.29 is 9.53 Å². The van der Waals surface area contributed by atoms with E-state index in [2.05, 4.69) is 13.8 Å². The van der Waals surface area contributed by atoms with Crippen LogP contribution in [0.25, 0.3) is 0 Å². The molecule has 0 aromatic rings. The molecule has 0 radical (unpaired) electrons. The maximum Gasteiger partial charge on any atom is 0.257 e. The van der Waals surface area contributed by atoms with Gasteiger partial charge in [-0.25, -0.2) is 0 Å². The molecule has 1 aliphatic rings. The van der Waals surface area contributed by atoms with Gasteiger partial charge in [-0.3, -0.25) is 4.79 Å². The molecule has 15 heavy (non-hydrogen) atoms. The third-order valence-electron chi connectivity index (χ3n) is 3.83. The minimum atomic E-state index is -0.567. The fourth-order valence-corrected chi connectivity index (χ4v) is 2.49. The Labute approximate surface area is 92.8 Å². The molecule has 1 fully saturated rings. The molecule has 1 heterocycles. The van der Waals surface area contributed by atoms with Crippen molar-refractivity contribution in [3.8, 4) is 0 Å². The first-order chi connectivity index (χ1) is 7.01. The Balaban J connectivity index is 2.78. The molecule has 0 aromatic heterocycles. The number of hydrogen-bond donors (Lipinski definition) is 0. The lowest BCUT2D eigenvalue weighted by Crippen LogP contribution is -2.43. The van der Waals surface area contributed by atoms with Crippen LogP contribution in [0.2, 0.25) is 0 Å². The highest BCUT2D eigenvalue weighted by Gasteiger charge is 2.69. The zero-order chi connectivity index (χ0) is 11.7. The molecule has 88 valence electrons. The molecule has 0 bridgehead atoms. The molecule has 0 saturated carbocycles. The van der Waals surface area contributed by atoms with Crippen molar-refractivity contribution in [1.82, 2.24) is 4.90 Å². The Morgan fingerprint density at radius 2 is 1.60 bits per heavy atom. The number of epoxide rings is 1. The molecule has 0 aliphatic carbocycles. The van der Waals surface area contributed by atoms with Crippen LogP contribution in [0.5, 0.6) is 0 Å². The van der Waals surface area contributed by atoms with E-state index >= 15 is 0 Å². The van der Waals surface area contributed by atoms with E-state index in [0.717, 1.165) is 25.9 Å². The first kappa shape index (κ1) is 12.5. The predicted octanol–water partition coefficient (Wildman–Crippen LogP) is 2.20. The lowest BCUT2D eigenvalue weighted by atomic mass is 9.88. The van der Waals surface area contributed by atoms with Crippen LogP contribution in [-0.2, 0) is 9.53 Å². The molecule has 1 atom stereocenters. The molecule has 0 aromatic carbocycles. The molecule has 1 unspecified atom stereocenters. The smallest absolute Gasteiger partial charge is 0.257 e. The highest BCUT2D eigenvalue weighted by atomic mass is 16.6. The molecular weight excluding hydrogens is 190 g/mol. The number of nitrogens with zero attached hydrogens (tertiary/aromatic N) is 1. The van der Waals surface area contributed by atoms with Crippen molar-refractivity contribution in [1.29, 1.82) is 0 Å². The van der Waals surface area contributed by atoms with Crippen LogP contribution in [0.3, 0.4) is 0 Å². The summed E-state index contributed by atoms with van der Waals surface area (Å²) in [4.78, 5) is 14.1. The van der Waals surface area contributed by atoms with E-state index in [1.54, 1.807) is 0 Å². The minimum absolute atomic E-state index is 0.149. The van der Waals surface area contributed by atoms with Gasteiger partial charge in [-0.15, -0.1) is 0 Å². The van der Waals surface area contributed by atoms with Gasteiger partial charge in [0.2, 0.25) is 0 Å². The summed E-state index contributed by atoms with van der Waals surface area (Å²) in [7, 11) is 0. The van der Waals surface area contributed by atoms with Gasteiger partial charge >= 0.3 is 0 Å². The SMILES string of the molecule is CCN(CC)C(=O)C1(C)OC1(CC)CC. The summed E-state index contributed by atoms with van der Waals surface area (Å²) < 4.78 is 5.75. The van der Waals surface area contributed by atoms with Crippen molar-refractivity contribution in [2.75, 3.05) is 13.1 Å². The highest BCUT2D eigenvalue weighted by Crippen LogP contribution is 2.53. The van der Waals surface area contributed by atoms with Crippen molar-refractivity contribution in [3.63, 3.8) is 0 Å². The molecular formula is C12H23NO2. The monoisotopic (exact) mass is 213 g/mol. The second-order valence-corrected chi connectivity index (χ2v) is 4.31. The summed E-state index contributed by atoms with van der Waals surface area (Å²) in [6.07, 6.45) is 1.82. The van der Waals surface area contributed by atoms with Crippen molar-refractivity contribution in [2.24, 2.45) is 0 Å². The first-order valence-electron chi connectivity index (χ1n) is 6.00. The van der Waals surface area contributed by atoms with E-state index in [0.29, 0.717) is 0 Å². The largest absolute Gasteiger partial charge is 0.352 e. The topological polar surface area (TPSA) is 32.8 Å². The number of rotatable bonds is 5. The number of carbonyl (C=O) groups excluding carboxylic acids is 1. The lowest BCUT2D eigenvalue weighted by molar-refractivity contribution is -0.136. The van der Waals surface area contributed by atoms with Crippen LogP contribution >= 0.6 is 0 Å². The summed E-state index contributed by atoms with van der Waals surface area (Å²) in [5.41, 5.74) is -0.769. The highest BCUT2D eigenvalue weighted by molar-refractivity contribution is 5.89. The van der Waals surface area contributed by atoms with E-state index in [1.165, 1.54) is 0 Å². The molecule has 1 saturated heterocycles. The molecule has 3 heteroatoms. The average molecular weight is 213 g/mol. The molecule has 0 spiro atoms. The average Bonchev–Trinajstić information content (AvgIpc) is 2.88. The number of likely N-dealkylation sites (N-methyl/N-ethyl adjacent to an activating group) is 1. The fourth-order valence-electron chi connectivity index (χ4n) is 2.49. The van der Waals surface area contributed by atoms with Crippen LogP contribution in [-0.4, -0.2) is 35.1 Å². The van der Waals surface area contributed by atoms with E-state index < -0.39 is 5.60 Å². The van der Waals surface area contributed by atoms with Crippen molar-refractivity contribution in [3.05, 3.63) is 0 Å². The van der Waals surface area contributed by atoms with Gasteiger partial charge in [0.25, 0.3) is 5.91 Å². The van der Waals surface area contributed by atoms with Crippen LogP contribution in [0.15, 0.2) is 0 Å². The second-order valence-electron chi connectivity index (χ2n) is 4.31. The predicted molar refractivity (Wildman–Crippen MR) is 60.7 cm³/mol. The number of amides is 1. The lowest BCUT2D eigenvalue weighted by Gasteiger charge is -2.23. The Hall–Kier alpha value is -0.570. The minimum Gasteiger partial charge on any atom is -0.352 e. The van der Waals surface area contributed by atoms with Gasteiger partial charge in [0.1, 0.15) is 5.60 Å². The standard InChI is InChI=1S/C12H23NO2/c1-6-12(7-2)11(5,15-12)10(14)13(8-3)9-4/h6-9H2,1-5H3. The zero-order valence-electron chi connectivity index (χ0n) is 10.6. The van der Waals surface area contributed by atoms with Gasteiger partial charge in [-0.2, -0.15) is 0 Å². The normalized spacial score (nSPS) is 27.5. The quantitative estimate of drug-likeness (QED) is 0.656. The summed E-state index contributed by atoms with van der Waals surface area (Å²) in [5, 5.41) is 0. The maximum atomic E-state index is 12.2. The zero-order valence-corrected chi connectivity index (χ0v) is 10.6. The number of carbonyl (C=O) groups is 1. The van der Waals surface area contributed by atoms with Crippen LogP contribution < -0.4 is 0 Å². The van der Waals surface area contributed by atoms with Crippen LogP contribution in [0.4, 0.5) is 0 Å². The fraction of sp³-hybridized carbons (Fsp3) is 0.917. The van der Waals surface area contributed by atoms with E-state index in [4.69, 9.17) is 4.74 Å². The second kappa shape index (κ2) is 4.12. The van der Waals surface area contributed by atoms with E-state index in [1.807, 2.05) is 25.7 Å². The van der Waals surface area contributed by atoms with Crippen molar-refractivity contribution >= 4 is 5.91 Å². The Kier molecular flexibility index (Phi) is 3.44. The molecule has 0 N–H and O–H groups in total. The molecule has 1 rings (SSSR count). The summed E-state index contributed by atoms with van der Waals surface area (Å²) >= 11 is 0. The Morgan fingerprint density at radius 3 is 1.87 bits per heavy atom. The van der Waals surface area contributed by atoms with E-state index in [-0.39, 0.29) is 11.5 Å². The van der Waals surface area contributed by atoms with E-state index in [9.17, 15) is 4.79 Å².